The number of hydrogen-bond donors (Lipinski definition) is 1. The monoisotopic (exact) mass is 355 g/mol. The molecule has 3 aromatic rings. The van der Waals surface area contributed by atoms with E-state index in [0.29, 0.717) is 30.2 Å². The van der Waals surface area contributed by atoms with Gasteiger partial charge < -0.3 is 14.6 Å². The molecule has 0 saturated carbocycles. The van der Waals surface area contributed by atoms with Crippen LogP contribution in [0.4, 0.5) is 4.39 Å². The lowest BCUT2D eigenvalue weighted by Crippen LogP contribution is -2.27. The van der Waals surface area contributed by atoms with Gasteiger partial charge in [-0.05, 0) is 42.0 Å². The molecule has 0 atom stereocenters. The minimum absolute atomic E-state index is 0.0894. The first-order chi connectivity index (χ1) is 12.6. The summed E-state index contributed by atoms with van der Waals surface area (Å²) in [5.74, 6) is 1.15. The van der Waals surface area contributed by atoms with Crippen molar-refractivity contribution < 1.29 is 18.4 Å². The Morgan fingerprint density at radius 1 is 1.15 bits per heavy atom. The summed E-state index contributed by atoms with van der Waals surface area (Å²) in [6.45, 7) is 0.389. The Morgan fingerprint density at radius 2 is 1.88 bits per heavy atom. The average Bonchev–Trinajstić information content (AvgIpc) is 3.12. The van der Waals surface area contributed by atoms with Crippen molar-refractivity contribution >= 4 is 5.91 Å². The van der Waals surface area contributed by atoms with Gasteiger partial charge in [-0.2, -0.15) is 4.98 Å². The number of nitrogens with one attached hydrogen (secondary N) is 1. The predicted molar refractivity (Wildman–Crippen MR) is 93.1 cm³/mol. The fraction of sp³-hybridized carbons (Fsp3) is 0.211. The number of rotatable bonds is 7. The highest BCUT2D eigenvalue weighted by Crippen LogP contribution is 2.16. The Morgan fingerprint density at radius 3 is 2.58 bits per heavy atom. The lowest BCUT2D eigenvalue weighted by atomic mass is 10.1. The van der Waals surface area contributed by atoms with Gasteiger partial charge >= 0.3 is 0 Å². The van der Waals surface area contributed by atoms with Crippen LogP contribution in [-0.4, -0.2) is 29.7 Å². The second kappa shape index (κ2) is 8.24. The maximum atomic E-state index is 12.9. The first kappa shape index (κ1) is 17.6. The van der Waals surface area contributed by atoms with E-state index >= 15 is 0 Å². The summed E-state index contributed by atoms with van der Waals surface area (Å²) in [5, 5.41) is 6.68. The van der Waals surface area contributed by atoms with Crippen LogP contribution in [0.2, 0.25) is 0 Å². The highest BCUT2D eigenvalue weighted by atomic mass is 19.1. The molecule has 0 aliphatic carbocycles. The minimum atomic E-state index is -0.322. The van der Waals surface area contributed by atoms with Crippen LogP contribution in [0, 0.1) is 5.82 Å². The van der Waals surface area contributed by atoms with Gasteiger partial charge in [-0.15, -0.1) is 0 Å². The first-order valence-corrected chi connectivity index (χ1v) is 8.12. The molecule has 0 saturated heterocycles. The number of aromatic nitrogens is 2. The van der Waals surface area contributed by atoms with E-state index in [2.05, 4.69) is 15.5 Å². The Balaban J connectivity index is 1.47. The zero-order valence-corrected chi connectivity index (χ0v) is 14.2. The van der Waals surface area contributed by atoms with Crippen molar-refractivity contribution in [2.75, 3.05) is 13.7 Å². The van der Waals surface area contributed by atoms with Crippen LogP contribution in [0.3, 0.4) is 0 Å². The van der Waals surface area contributed by atoms with Crippen molar-refractivity contribution in [3.63, 3.8) is 0 Å². The van der Waals surface area contributed by atoms with E-state index in [4.69, 9.17) is 9.26 Å². The topological polar surface area (TPSA) is 77.2 Å². The highest BCUT2D eigenvalue weighted by molar-refractivity contribution is 5.78. The van der Waals surface area contributed by atoms with Crippen molar-refractivity contribution in [3.05, 3.63) is 65.8 Å². The molecule has 7 heteroatoms. The predicted octanol–water partition coefficient (Wildman–Crippen LogP) is 2.79. The number of benzene rings is 2. The highest BCUT2D eigenvalue weighted by Gasteiger charge is 2.09. The van der Waals surface area contributed by atoms with E-state index in [9.17, 15) is 9.18 Å². The molecule has 0 bridgehead atoms. The summed E-state index contributed by atoms with van der Waals surface area (Å²) in [4.78, 5) is 16.2. The van der Waals surface area contributed by atoms with Gasteiger partial charge in [0.05, 0.1) is 13.5 Å². The molecule has 26 heavy (non-hydrogen) atoms. The third kappa shape index (κ3) is 4.66. The first-order valence-electron chi connectivity index (χ1n) is 8.12. The molecule has 1 amide bonds. The molecular weight excluding hydrogens is 337 g/mol. The summed E-state index contributed by atoms with van der Waals surface area (Å²) < 4.78 is 23.2. The van der Waals surface area contributed by atoms with Gasteiger partial charge in [-0.3, -0.25) is 4.79 Å². The second-order valence-electron chi connectivity index (χ2n) is 5.64. The van der Waals surface area contributed by atoms with Crippen molar-refractivity contribution in [1.29, 1.82) is 0 Å². The van der Waals surface area contributed by atoms with Crippen LogP contribution in [0.5, 0.6) is 5.75 Å². The minimum Gasteiger partial charge on any atom is -0.497 e. The summed E-state index contributed by atoms with van der Waals surface area (Å²) in [5.41, 5.74) is 1.57. The maximum absolute atomic E-state index is 12.9. The van der Waals surface area contributed by atoms with Crippen LogP contribution in [-0.2, 0) is 17.6 Å². The SMILES string of the molecule is COc1ccc(CC(=O)NCCc2nc(-c3ccc(F)cc3)no2)cc1. The summed E-state index contributed by atoms with van der Waals surface area (Å²) >= 11 is 0. The number of carbonyl (C=O) groups excluding carboxylic acids is 1. The molecule has 0 aliphatic rings. The molecule has 0 radical (unpaired) electrons. The number of ether oxygens (including phenoxy) is 1. The van der Waals surface area contributed by atoms with Gasteiger partial charge in [-0.25, -0.2) is 4.39 Å². The molecule has 1 aromatic heterocycles. The fourth-order valence-electron chi connectivity index (χ4n) is 2.37. The quantitative estimate of drug-likeness (QED) is 0.705. The van der Waals surface area contributed by atoms with Gasteiger partial charge in [-0.1, -0.05) is 17.3 Å². The number of nitrogens with zero attached hydrogens (tertiary/aromatic N) is 2. The standard InChI is InChI=1S/C19H18FN3O3/c1-25-16-8-2-13(3-9-16)12-17(24)21-11-10-18-22-19(23-26-18)14-4-6-15(20)7-5-14/h2-9H,10-12H2,1H3,(H,21,24). The van der Waals surface area contributed by atoms with Crippen molar-refractivity contribution in [3.8, 4) is 17.1 Å². The summed E-state index contributed by atoms with van der Waals surface area (Å²) in [6.07, 6.45) is 0.706. The van der Waals surface area contributed by atoms with Gasteiger partial charge in [0.1, 0.15) is 11.6 Å². The van der Waals surface area contributed by atoms with Gasteiger partial charge in [0.15, 0.2) is 0 Å². The molecule has 0 fully saturated rings. The number of amides is 1. The molecule has 0 spiro atoms. The van der Waals surface area contributed by atoms with E-state index < -0.39 is 0 Å². The lowest BCUT2D eigenvalue weighted by molar-refractivity contribution is -0.120. The summed E-state index contributed by atoms with van der Waals surface area (Å²) in [6, 6.07) is 13.2. The Bertz CT molecular complexity index is 860. The number of carbonyl (C=O) groups is 1. The molecule has 3 rings (SSSR count). The maximum Gasteiger partial charge on any atom is 0.228 e. The van der Waals surface area contributed by atoms with Crippen LogP contribution in [0.15, 0.2) is 53.1 Å². The smallest absolute Gasteiger partial charge is 0.228 e. The third-order valence-corrected chi connectivity index (χ3v) is 3.76. The Hall–Kier alpha value is -3.22. The second-order valence-corrected chi connectivity index (χ2v) is 5.64. The van der Waals surface area contributed by atoms with E-state index in [1.807, 2.05) is 24.3 Å². The molecular formula is C19H18FN3O3. The van der Waals surface area contributed by atoms with Crippen LogP contribution in [0.25, 0.3) is 11.4 Å². The van der Waals surface area contributed by atoms with E-state index in [1.54, 1.807) is 19.2 Å². The zero-order chi connectivity index (χ0) is 18.4. The fourth-order valence-corrected chi connectivity index (χ4v) is 2.37. The van der Waals surface area contributed by atoms with Crippen molar-refractivity contribution in [2.24, 2.45) is 0 Å². The molecule has 2 aromatic carbocycles. The van der Waals surface area contributed by atoms with Gasteiger partial charge in [0.2, 0.25) is 17.6 Å². The van der Waals surface area contributed by atoms with E-state index in [-0.39, 0.29) is 18.1 Å². The van der Waals surface area contributed by atoms with Crippen molar-refractivity contribution in [1.82, 2.24) is 15.5 Å². The van der Waals surface area contributed by atoms with Gasteiger partial charge in [0, 0.05) is 18.5 Å². The summed E-state index contributed by atoms with van der Waals surface area (Å²) in [7, 11) is 1.60. The Kier molecular flexibility index (Phi) is 5.58. The average molecular weight is 355 g/mol. The normalized spacial score (nSPS) is 10.5. The number of methoxy groups -OCH3 is 1. The number of hydrogen-bond acceptors (Lipinski definition) is 5. The third-order valence-electron chi connectivity index (χ3n) is 3.76. The molecule has 134 valence electrons. The van der Waals surface area contributed by atoms with Crippen LogP contribution in [0.1, 0.15) is 11.5 Å². The van der Waals surface area contributed by atoms with Gasteiger partial charge in [0.25, 0.3) is 0 Å². The lowest BCUT2D eigenvalue weighted by Gasteiger charge is -2.05. The number of halogens is 1. The van der Waals surface area contributed by atoms with E-state index in [0.717, 1.165) is 11.3 Å². The van der Waals surface area contributed by atoms with Crippen LogP contribution < -0.4 is 10.1 Å². The molecule has 1 N–H and O–H groups in total. The molecule has 6 nitrogen and oxygen atoms in total. The molecule has 0 unspecified atom stereocenters. The Labute approximate surface area is 150 Å². The van der Waals surface area contributed by atoms with Crippen LogP contribution >= 0.6 is 0 Å². The zero-order valence-electron chi connectivity index (χ0n) is 14.2. The molecule has 1 heterocycles. The van der Waals surface area contributed by atoms with E-state index in [1.165, 1.54) is 12.1 Å². The van der Waals surface area contributed by atoms with Crippen molar-refractivity contribution in [2.45, 2.75) is 12.8 Å². The molecule has 0 aliphatic heterocycles. The largest absolute Gasteiger partial charge is 0.497 e.